The molecular weight excluding hydrogens is 506 g/mol. The fourth-order valence-corrected chi connectivity index (χ4v) is 5.71. The Balaban J connectivity index is 1.29. The third-order valence-corrected chi connectivity index (χ3v) is 7.64. The topological polar surface area (TPSA) is 137 Å². The van der Waals surface area contributed by atoms with Crippen LogP contribution in [-0.2, 0) is 6.42 Å². The molecule has 204 valence electrons. The summed E-state index contributed by atoms with van der Waals surface area (Å²) in [6.07, 6.45) is 4.14. The number of para-hydroxylation sites is 1. The number of rotatable bonds is 8. The third kappa shape index (κ3) is 4.64. The summed E-state index contributed by atoms with van der Waals surface area (Å²) in [7, 11) is 0. The number of aryl methyl sites for hydroxylation is 1. The number of carboxylic acids is 1. The van der Waals surface area contributed by atoms with Gasteiger partial charge in [0.25, 0.3) is 5.91 Å². The summed E-state index contributed by atoms with van der Waals surface area (Å²) in [5, 5.41) is 20.0. The number of nitrogen functional groups attached to an aromatic ring is 1. The van der Waals surface area contributed by atoms with E-state index in [1.807, 2.05) is 65.6 Å². The average Bonchev–Trinajstić information content (AvgIpc) is 3.56. The van der Waals surface area contributed by atoms with Crippen molar-refractivity contribution in [3.05, 3.63) is 77.6 Å². The van der Waals surface area contributed by atoms with E-state index in [0.717, 1.165) is 41.2 Å². The second-order valence-corrected chi connectivity index (χ2v) is 10.2. The molecule has 0 radical (unpaired) electrons. The number of nitrogens with zero attached hydrogens (tertiary/aromatic N) is 2. The molecule has 0 bridgehead atoms. The fourth-order valence-electron chi connectivity index (χ4n) is 5.71. The van der Waals surface area contributed by atoms with Crippen molar-refractivity contribution in [2.45, 2.75) is 32.1 Å². The van der Waals surface area contributed by atoms with Crippen molar-refractivity contribution < 1.29 is 19.4 Å². The molecule has 9 heteroatoms. The first-order chi connectivity index (χ1) is 19.5. The molecule has 40 heavy (non-hydrogen) atoms. The van der Waals surface area contributed by atoms with Gasteiger partial charge in [-0.3, -0.25) is 9.89 Å². The number of nitrogens with one attached hydrogen (secondary N) is 2. The number of carbonyl (C=O) groups is 2. The second kappa shape index (κ2) is 10.8. The number of piperidine rings is 1. The summed E-state index contributed by atoms with van der Waals surface area (Å²) in [5.41, 5.74) is 9.11. The molecule has 0 spiro atoms. The number of H-pyrrole nitrogens is 2. The van der Waals surface area contributed by atoms with E-state index in [1.165, 1.54) is 0 Å². The van der Waals surface area contributed by atoms with Crippen LogP contribution in [0.1, 0.15) is 52.2 Å². The van der Waals surface area contributed by atoms with Gasteiger partial charge >= 0.3 is 5.97 Å². The lowest BCUT2D eigenvalue weighted by atomic mass is 9.98. The number of aromatic nitrogens is 3. The van der Waals surface area contributed by atoms with Crippen molar-refractivity contribution in [3.8, 4) is 16.9 Å². The van der Waals surface area contributed by atoms with E-state index >= 15 is 0 Å². The van der Waals surface area contributed by atoms with E-state index in [2.05, 4.69) is 15.2 Å². The number of hydrogen-bond donors (Lipinski definition) is 4. The number of nitrogens with two attached hydrogens (primary N) is 1. The lowest BCUT2D eigenvalue weighted by Crippen LogP contribution is -2.36. The predicted molar refractivity (Wildman–Crippen MR) is 155 cm³/mol. The minimum Gasteiger partial charge on any atom is -0.493 e. The van der Waals surface area contributed by atoms with Crippen LogP contribution in [-0.4, -0.2) is 56.8 Å². The number of benzene rings is 3. The van der Waals surface area contributed by atoms with Gasteiger partial charge in [0.2, 0.25) is 0 Å². The van der Waals surface area contributed by atoms with Gasteiger partial charge < -0.3 is 25.5 Å². The smallest absolute Gasteiger partial charge is 0.352 e. The predicted octanol–water partition coefficient (Wildman–Crippen LogP) is 5.63. The molecule has 0 aliphatic carbocycles. The Kier molecular flexibility index (Phi) is 6.86. The molecule has 0 unspecified atom stereocenters. The zero-order valence-electron chi connectivity index (χ0n) is 22.1. The van der Waals surface area contributed by atoms with Gasteiger partial charge in [0.05, 0.1) is 17.7 Å². The minimum absolute atomic E-state index is 0.124. The van der Waals surface area contributed by atoms with E-state index in [9.17, 15) is 14.7 Å². The number of likely N-dealkylation sites (tertiary alicyclic amines) is 1. The molecule has 3 aromatic carbocycles. The van der Waals surface area contributed by atoms with Crippen LogP contribution in [0, 0.1) is 0 Å². The third-order valence-electron chi connectivity index (χ3n) is 7.64. The van der Waals surface area contributed by atoms with E-state index < -0.39 is 5.97 Å². The second-order valence-electron chi connectivity index (χ2n) is 10.2. The van der Waals surface area contributed by atoms with Crippen LogP contribution in [0.25, 0.3) is 32.8 Å². The van der Waals surface area contributed by atoms with E-state index in [4.69, 9.17) is 10.5 Å². The van der Waals surface area contributed by atoms with Crippen LogP contribution in [0.15, 0.2) is 60.7 Å². The number of hydrogen-bond acceptors (Lipinski definition) is 5. The first-order valence-corrected chi connectivity index (χ1v) is 13.6. The van der Waals surface area contributed by atoms with Gasteiger partial charge in [-0.05, 0) is 49.1 Å². The van der Waals surface area contributed by atoms with Crippen LogP contribution in [0.4, 0.5) is 5.82 Å². The Morgan fingerprint density at radius 1 is 0.975 bits per heavy atom. The van der Waals surface area contributed by atoms with Crippen molar-refractivity contribution in [2.75, 3.05) is 25.4 Å². The lowest BCUT2D eigenvalue weighted by molar-refractivity contribution is 0.0687. The van der Waals surface area contributed by atoms with Gasteiger partial charge in [-0.25, -0.2) is 4.79 Å². The molecular formula is C31H31N5O4. The molecule has 3 heterocycles. The summed E-state index contributed by atoms with van der Waals surface area (Å²) < 4.78 is 6.10. The Hall–Kier alpha value is -4.79. The maximum atomic E-state index is 13.4. The SMILES string of the molecule is Nc1[nH]nc(C(=O)N2CCCCC2)c1-c1cccc2c(CCCOc3cccc4ccccc34)c(C(=O)O)[nH]c12. The van der Waals surface area contributed by atoms with Crippen molar-refractivity contribution >= 4 is 39.4 Å². The van der Waals surface area contributed by atoms with Gasteiger partial charge in [0, 0.05) is 29.4 Å². The zero-order chi connectivity index (χ0) is 27.6. The quantitative estimate of drug-likeness (QED) is 0.189. The Bertz CT molecular complexity index is 1710. The van der Waals surface area contributed by atoms with E-state index in [-0.39, 0.29) is 23.1 Å². The van der Waals surface area contributed by atoms with Crippen LogP contribution in [0.5, 0.6) is 5.75 Å². The minimum atomic E-state index is -1.04. The van der Waals surface area contributed by atoms with Crippen molar-refractivity contribution in [3.63, 3.8) is 0 Å². The largest absolute Gasteiger partial charge is 0.493 e. The molecule has 1 aliphatic rings. The van der Waals surface area contributed by atoms with Crippen LogP contribution >= 0.6 is 0 Å². The molecule has 2 aromatic heterocycles. The highest BCUT2D eigenvalue weighted by Crippen LogP contribution is 2.37. The summed E-state index contributed by atoms with van der Waals surface area (Å²) >= 11 is 0. The Morgan fingerprint density at radius 3 is 2.55 bits per heavy atom. The van der Waals surface area contributed by atoms with Crippen molar-refractivity contribution in [1.82, 2.24) is 20.1 Å². The van der Waals surface area contributed by atoms with Gasteiger partial charge in [-0.2, -0.15) is 5.10 Å². The maximum absolute atomic E-state index is 13.4. The van der Waals surface area contributed by atoms with Crippen molar-refractivity contribution in [1.29, 1.82) is 0 Å². The summed E-state index contributed by atoms with van der Waals surface area (Å²) in [6.45, 7) is 1.81. The monoisotopic (exact) mass is 537 g/mol. The van der Waals surface area contributed by atoms with E-state index in [0.29, 0.717) is 54.7 Å². The van der Waals surface area contributed by atoms with Gasteiger partial charge in [-0.1, -0.05) is 54.6 Å². The van der Waals surface area contributed by atoms with Gasteiger partial charge in [0.15, 0.2) is 5.69 Å². The highest BCUT2D eigenvalue weighted by molar-refractivity contribution is 6.09. The molecule has 9 nitrogen and oxygen atoms in total. The van der Waals surface area contributed by atoms with Crippen LogP contribution in [0.2, 0.25) is 0 Å². The van der Waals surface area contributed by atoms with Crippen molar-refractivity contribution in [2.24, 2.45) is 0 Å². The van der Waals surface area contributed by atoms with E-state index in [1.54, 1.807) is 0 Å². The lowest BCUT2D eigenvalue weighted by Gasteiger charge is -2.26. The molecule has 1 fully saturated rings. The normalized spacial score (nSPS) is 13.7. The number of carboxylic acid groups (broad SMARTS) is 1. The number of amides is 1. The summed E-state index contributed by atoms with van der Waals surface area (Å²) in [4.78, 5) is 30.6. The molecule has 1 aliphatic heterocycles. The maximum Gasteiger partial charge on any atom is 0.352 e. The average molecular weight is 538 g/mol. The Morgan fingerprint density at radius 2 is 1.73 bits per heavy atom. The number of aromatic carboxylic acids is 1. The molecule has 1 amide bonds. The highest BCUT2D eigenvalue weighted by atomic mass is 16.5. The molecule has 5 N–H and O–H groups in total. The summed E-state index contributed by atoms with van der Waals surface area (Å²) in [5.74, 6) is -0.143. The standard InChI is InChI=1S/C31H31N5O4/c32-29-25(28(34-35-29)30(37)36-16-4-1-5-17-36)23-13-7-12-21-22(27(31(38)39)33-26(21)23)14-8-18-40-24-15-6-10-19-9-2-3-11-20(19)24/h2-3,6-7,9-13,15,33H,1,4-5,8,14,16-18H2,(H,38,39)(H3,32,34,35). The fraction of sp³-hybridized carbons (Fsp3) is 0.258. The van der Waals surface area contributed by atoms with Crippen LogP contribution < -0.4 is 10.5 Å². The number of ether oxygens (including phenoxy) is 1. The highest BCUT2D eigenvalue weighted by Gasteiger charge is 2.28. The number of fused-ring (bicyclic) bond motifs is 2. The first kappa shape index (κ1) is 25.5. The number of carbonyl (C=O) groups excluding carboxylic acids is 1. The molecule has 6 rings (SSSR count). The zero-order valence-corrected chi connectivity index (χ0v) is 22.1. The van der Waals surface area contributed by atoms with Crippen LogP contribution in [0.3, 0.4) is 0 Å². The first-order valence-electron chi connectivity index (χ1n) is 13.6. The summed E-state index contributed by atoms with van der Waals surface area (Å²) in [6, 6.07) is 19.6. The molecule has 0 atom stereocenters. The van der Waals surface area contributed by atoms with Gasteiger partial charge in [-0.15, -0.1) is 0 Å². The van der Waals surface area contributed by atoms with Gasteiger partial charge in [0.1, 0.15) is 17.3 Å². The molecule has 5 aromatic rings. The molecule has 1 saturated heterocycles. The molecule has 0 saturated carbocycles. The number of anilines is 1. The number of aromatic amines is 2. The Labute approximate surface area is 230 Å².